The summed E-state index contributed by atoms with van der Waals surface area (Å²) in [6.07, 6.45) is 3.61. The van der Waals surface area contributed by atoms with E-state index in [1.165, 1.54) is 12.1 Å². The van der Waals surface area contributed by atoms with Crippen LogP contribution in [0.5, 0.6) is 5.75 Å². The number of aryl methyl sites for hydroxylation is 1. The molecule has 31 heavy (non-hydrogen) atoms. The van der Waals surface area contributed by atoms with Crippen LogP contribution in [-0.2, 0) is 12.0 Å². The molecule has 4 aromatic rings. The molecular weight excluding hydrogens is 395 g/mol. The van der Waals surface area contributed by atoms with Crippen LogP contribution in [-0.4, -0.2) is 26.9 Å². The molecule has 7 heteroatoms. The number of nitrogens with zero attached hydrogens (tertiary/aromatic N) is 4. The fourth-order valence-corrected chi connectivity index (χ4v) is 4.45. The van der Waals surface area contributed by atoms with Gasteiger partial charge in [0.15, 0.2) is 17.5 Å². The number of halogens is 1. The minimum atomic E-state index is -0.321. The lowest BCUT2D eigenvalue weighted by Crippen LogP contribution is -2.32. The number of ether oxygens (including phenoxy) is 1. The second-order valence-corrected chi connectivity index (χ2v) is 8.10. The lowest BCUT2D eigenvalue weighted by atomic mass is 9.76. The highest BCUT2D eigenvalue weighted by molar-refractivity contribution is 5.71. The summed E-state index contributed by atoms with van der Waals surface area (Å²) < 4.78 is 26.9. The summed E-state index contributed by atoms with van der Waals surface area (Å²) in [6.45, 7) is 4.80. The predicted octanol–water partition coefficient (Wildman–Crippen LogP) is 5.16. The molecule has 2 aromatic carbocycles. The van der Waals surface area contributed by atoms with E-state index in [-0.39, 0.29) is 11.2 Å². The summed E-state index contributed by atoms with van der Waals surface area (Å²) in [5, 5.41) is 9.11. The molecule has 2 aromatic heterocycles. The Labute approximate surface area is 179 Å². The van der Waals surface area contributed by atoms with Gasteiger partial charge in [0, 0.05) is 19.0 Å². The smallest absolute Gasteiger partial charge is 0.191 e. The van der Waals surface area contributed by atoms with Crippen LogP contribution >= 0.6 is 0 Å². The van der Waals surface area contributed by atoms with Gasteiger partial charge in [0.05, 0.1) is 24.3 Å². The zero-order valence-corrected chi connectivity index (χ0v) is 17.7. The normalized spacial score (nSPS) is 18.1. The fraction of sp³-hybridized carbons (Fsp3) is 0.292. The van der Waals surface area contributed by atoms with Crippen molar-refractivity contribution in [2.75, 3.05) is 7.11 Å². The number of methoxy groups -OCH3 is 1. The topological polar surface area (TPSA) is 66.0 Å². The van der Waals surface area contributed by atoms with E-state index < -0.39 is 0 Å². The van der Waals surface area contributed by atoms with Crippen LogP contribution in [0, 0.1) is 12.7 Å². The zero-order chi connectivity index (χ0) is 21.6. The third kappa shape index (κ3) is 3.21. The third-order valence-electron chi connectivity index (χ3n) is 6.13. The largest absolute Gasteiger partial charge is 0.496 e. The Balaban J connectivity index is 1.57. The summed E-state index contributed by atoms with van der Waals surface area (Å²) >= 11 is 0. The van der Waals surface area contributed by atoms with Crippen molar-refractivity contribution in [1.29, 1.82) is 0 Å². The number of fused-ring (bicyclic) bond motifs is 1. The molecule has 0 amide bonds. The fourth-order valence-electron chi connectivity index (χ4n) is 4.45. The van der Waals surface area contributed by atoms with Crippen LogP contribution in [0.15, 0.2) is 53.1 Å². The van der Waals surface area contributed by atoms with E-state index in [2.05, 4.69) is 26.7 Å². The van der Waals surface area contributed by atoms with Gasteiger partial charge < -0.3 is 13.7 Å². The average Bonchev–Trinajstić information content (AvgIpc) is 3.41. The highest BCUT2D eigenvalue weighted by atomic mass is 19.1. The second-order valence-electron chi connectivity index (χ2n) is 8.10. The Morgan fingerprint density at radius 1 is 1.13 bits per heavy atom. The van der Waals surface area contributed by atoms with Gasteiger partial charge >= 0.3 is 0 Å². The Morgan fingerprint density at radius 3 is 2.65 bits per heavy atom. The standard InChI is InChI=1S/C24H23FN4O2/c1-15-26-14-21(31-15)19-10-5-16(13-20(19)30-3)22-27-28-23-24(2,11-4-12-29(22)23)17-6-8-18(25)9-7-17/h5-10,13-14H,4,11-12H2,1-3H3. The van der Waals surface area contributed by atoms with Crippen molar-refractivity contribution in [3.05, 3.63) is 71.8 Å². The molecule has 5 rings (SSSR count). The maximum atomic E-state index is 13.5. The summed E-state index contributed by atoms with van der Waals surface area (Å²) in [6, 6.07) is 12.6. The van der Waals surface area contributed by atoms with Crippen LogP contribution in [0.2, 0.25) is 0 Å². The Hall–Kier alpha value is -3.48. The van der Waals surface area contributed by atoms with Gasteiger partial charge in [-0.1, -0.05) is 18.2 Å². The van der Waals surface area contributed by atoms with E-state index in [0.29, 0.717) is 17.4 Å². The molecule has 0 N–H and O–H groups in total. The van der Waals surface area contributed by atoms with Gasteiger partial charge in [0.25, 0.3) is 0 Å². The van der Waals surface area contributed by atoms with Crippen LogP contribution in [0.25, 0.3) is 22.7 Å². The average molecular weight is 418 g/mol. The lowest BCUT2D eigenvalue weighted by Gasteiger charge is -2.34. The summed E-state index contributed by atoms with van der Waals surface area (Å²) in [7, 11) is 1.64. The maximum Gasteiger partial charge on any atom is 0.191 e. The van der Waals surface area contributed by atoms with E-state index in [1.54, 1.807) is 13.3 Å². The highest BCUT2D eigenvalue weighted by Gasteiger charge is 2.38. The first-order chi connectivity index (χ1) is 15.0. The zero-order valence-electron chi connectivity index (χ0n) is 17.7. The molecule has 1 atom stereocenters. The van der Waals surface area contributed by atoms with Gasteiger partial charge in [-0.15, -0.1) is 10.2 Å². The van der Waals surface area contributed by atoms with Gasteiger partial charge in [-0.25, -0.2) is 9.37 Å². The van der Waals surface area contributed by atoms with E-state index in [9.17, 15) is 4.39 Å². The van der Waals surface area contributed by atoms with Gasteiger partial charge in [0.2, 0.25) is 0 Å². The molecular formula is C24H23FN4O2. The minimum Gasteiger partial charge on any atom is -0.496 e. The number of aromatic nitrogens is 4. The first-order valence-corrected chi connectivity index (χ1v) is 10.3. The molecule has 0 fully saturated rings. The van der Waals surface area contributed by atoms with Crippen molar-refractivity contribution in [3.8, 4) is 28.5 Å². The molecule has 0 spiro atoms. The van der Waals surface area contributed by atoms with Gasteiger partial charge in [-0.3, -0.25) is 0 Å². The molecule has 0 radical (unpaired) electrons. The first-order valence-electron chi connectivity index (χ1n) is 10.3. The van der Waals surface area contributed by atoms with Crippen LogP contribution in [0.3, 0.4) is 0 Å². The maximum absolute atomic E-state index is 13.5. The van der Waals surface area contributed by atoms with Crippen LogP contribution in [0.1, 0.15) is 37.0 Å². The molecule has 158 valence electrons. The molecule has 1 aliphatic heterocycles. The number of benzene rings is 2. The molecule has 0 bridgehead atoms. The van der Waals surface area contributed by atoms with E-state index in [0.717, 1.165) is 47.7 Å². The van der Waals surface area contributed by atoms with Crippen molar-refractivity contribution in [1.82, 2.24) is 19.7 Å². The summed E-state index contributed by atoms with van der Waals surface area (Å²) in [5.74, 6) is 3.40. The van der Waals surface area contributed by atoms with Crippen molar-refractivity contribution in [2.45, 2.75) is 38.6 Å². The molecule has 1 aliphatic rings. The van der Waals surface area contributed by atoms with Crippen LogP contribution in [0.4, 0.5) is 4.39 Å². The van der Waals surface area contributed by atoms with E-state index in [4.69, 9.17) is 9.15 Å². The van der Waals surface area contributed by atoms with Crippen LogP contribution < -0.4 is 4.74 Å². The van der Waals surface area contributed by atoms with Crippen molar-refractivity contribution in [2.24, 2.45) is 0 Å². The number of oxazole rings is 1. The minimum absolute atomic E-state index is 0.237. The lowest BCUT2D eigenvalue weighted by molar-refractivity contribution is 0.378. The highest BCUT2D eigenvalue weighted by Crippen LogP contribution is 2.41. The molecule has 6 nitrogen and oxygen atoms in total. The van der Waals surface area contributed by atoms with Gasteiger partial charge in [0.1, 0.15) is 17.4 Å². The summed E-state index contributed by atoms with van der Waals surface area (Å²) in [4.78, 5) is 4.18. The summed E-state index contributed by atoms with van der Waals surface area (Å²) in [5.41, 5.74) is 2.47. The molecule has 0 saturated heterocycles. The third-order valence-corrected chi connectivity index (χ3v) is 6.13. The number of hydrogen-bond donors (Lipinski definition) is 0. The van der Waals surface area contributed by atoms with Crippen molar-refractivity contribution in [3.63, 3.8) is 0 Å². The predicted molar refractivity (Wildman–Crippen MR) is 114 cm³/mol. The van der Waals surface area contributed by atoms with E-state index >= 15 is 0 Å². The quantitative estimate of drug-likeness (QED) is 0.458. The Kier molecular flexibility index (Phi) is 4.61. The van der Waals surface area contributed by atoms with Gasteiger partial charge in [-0.05, 0) is 49.6 Å². The second kappa shape index (κ2) is 7.34. The van der Waals surface area contributed by atoms with Crippen molar-refractivity contribution >= 4 is 0 Å². The SMILES string of the molecule is COc1cc(-c2nnc3n2CCCC3(C)c2ccc(F)cc2)ccc1-c1cnc(C)o1. The molecule has 3 heterocycles. The Bertz CT molecular complexity index is 1240. The Morgan fingerprint density at radius 2 is 1.94 bits per heavy atom. The molecule has 0 saturated carbocycles. The molecule has 0 aliphatic carbocycles. The monoisotopic (exact) mass is 418 g/mol. The van der Waals surface area contributed by atoms with Gasteiger partial charge in [-0.2, -0.15) is 0 Å². The van der Waals surface area contributed by atoms with E-state index in [1.807, 2.05) is 37.3 Å². The number of hydrogen-bond acceptors (Lipinski definition) is 5. The number of rotatable bonds is 4. The molecule has 1 unspecified atom stereocenters. The van der Waals surface area contributed by atoms with Crippen molar-refractivity contribution < 1.29 is 13.5 Å². The first kappa shape index (κ1) is 19.5.